The molecule has 2 N–H and O–H groups in total. The number of H-pyrrole nitrogens is 1. The summed E-state index contributed by atoms with van der Waals surface area (Å²) in [5, 5.41) is 11.1. The van der Waals surface area contributed by atoms with Crippen LogP contribution in [0.4, 0.5) is 5.69 Å². The summed E-state index contributed by atoms with van der Waals surface area (Å²) < 4.78 is 0. The Morgan fingerprint density at radius 1 is 1.14 bits per heavy atom. The quantitative estimate of drug-likeness (QED) is 0.667. The molecular weight excluding hydrogens is 370 g/mol. The number of aromatic nitrogens is 3. The minimum atomic E-state index is -0.702. The molecule has 0 spiro atoms. The third kappa shape index (κ3) is 2.11. The lowest BCUT2D eigenvalue weighted by Crippen LogP contribution is -2.53. The van der Waals surface area contributed by atoms with Crippen LogP contribution in [0.2, 0.25) is 0 Å². The molecule has 1 aromatic carbocycles. The van der Waals surface area contributed by atoms with Gasteiger partial charge in [-0.1, -0.05) is 12.1 Å². The largest absolute Gasteiger partial charge is 0.295 e. The molecule has 1 saturated carbocycles. The third-order valence-corrected chi connectivity index (χ3v) is 6.38. The summed E-state index contributed by atoms with van der Waals surface area (Å²) in [7, 11) is 0. The molecule has 0 bridgehead atoms. The Balaban J connectivity index is 1.52. The second-order valence-corrected chi connectivity index (χ2v) is 7.93. The molecule has 1 aliphatic carbocycles. The molecule has 1 saturated heterocycles. The van der Waals surface area contributed by atoms with Crippen molar-refractivity contribution in [2.75, 3.05) is 4.90 Å². The zero-order valence-electron chi connectivity index (χ0n) is 15.4. The summed E-state index contributed by atoms with van der Waals surface area (Å²) in [6.45, 7) is 0. The first-order valence-corrected chi connectivity index (χ1v) is 9.69. The number of anilines is 1. The van der Waals surface area contributed by atoms with Gasteiger partial charge < -0.3 is 0 Å². The van der Waals surface area contributed by atoms with Gasteiger partial charge in [-0.15, -0.1) is 0 Å². The SMILES string of the molecule is O=C1CCC(N2C(=O)c3cccc4c(C5(c6cn[nH]c6)CC5)ncc2c34)C(=O)N1. The van der Waals surface area contributed by atoms with Crippen LogP contribution in [0, 0.1) is 0 Å². The Morgan fingerprint density at radius 2 is 2.00 bits per heavy atom. The minimum absolute atomic E-state index is 0.185. The van der Waals surface area contributed by atoms with E-state index in [1.165, 1.54) is 4.90 Å². The van der Waals surface area contributed by atoms with Gasteiger partial charge in [-0.25, -0.2) is 0 Å². The lowest BCUT2D eigenvalue weighted by molar-refractivity contribution is -0.134. The average molecular weight is 387 g/mol. The van der Waals surface area contributed by atoms with Crippen molar-refractivity contribution in [3.63, 3.8) is 0 Å². The predicted octanol–water partition coefficient (Wildman–Crippen LogP) is 1.80. The van der Waals surface area contributed by atoms with E-state index in [9.17, 15) is 14.4 Å². The minimum Gasteiger partial charge on any atom is -0.295 e. The number of imide groups is 1. The van der Waals surface area contributed by atoms with Gasteiger partial charge in [0, 0.05) is 39.9 Å². The summed E-state index contributed by atoms with van der Waals surface area (Å²) in [6.07, 6.45) is 7.92. The van der Waals surface area contributed by atoms with E-state index in [-0.39, 0.29) is 23.7 Å². The molecule has 0 radical (unpaired) electrons. The molecule has 3 aromatic rings. The number of piperidine rings is 1. The van der Waals surface area contributed by atoms with Gasteiger partial charge in [0.25, 0.3) is 5.91 Å². The third-order valence-electron chi connectivity index (χ3n) is 6.38. The maximum Gasteiger partial charge on any atom is 0.259 e. The number of nitrogens with one attached hydrogen (secondary N) is 2. The molecular formula is C21H17N5O3. The van der Waals surface area contributed by atoms with Gasteiger partial charge in [0.2, 0.25) is 11.8 Å². The number of carbonyl (C=O) groups excluding carboxylic acids is 3. The first-order valence-electron chi connectivity index (χ1n) is 9.69. The fourth-order valence-electron chi connectivity index (χ4n) is 4.80. The molecule has 4 heterocycles. The van der Waals surface area contributed by atoms with Crippen molar-refractivity contribution >= 4 is 34.2 Å². The lowest BCUT2D eigenvalue weighted by atomic mass is 9.90. The topological polar surface area (TPSA) is 108 Å². The summed E-state index contributed by atoms with van der Waals surface area (Å²) in [4.78, 5) is 43.5. The molecule has 2 aliphatic heterocycles. The number of carbonyl (C=O) groups is 3. The first kappa shape index (κ1) is 16.4. The number of rotatable bonds is 3. The summed E-state index contributed by atoms with van der Waals surface area (Å²) in [5.41, 5.74) is 3.07. The van der Waals surface area contributed by atoms with Gasteiger partial charge in [-0.05, 0) is 25.3 Å². The highest BCUT2D eigenvalue weighted by Crippen LogP contribution is 2.55. The van der Waals surface area contributed by atoms with Crippen LogP contribution in [-0.4, -0.2) is 38.9 Å². The fraction of sp³-hybridized carbons (Fsp3) is 0.286. The molecule has 1 atom stereocenters. The van der Waals surface area contributed by atoms with Gasteiger partial charge in [-0.3, -0.25) is 34.7 Å². The molecule has 8 nitrogen and oxygen atoms in total. The van der Waals surface area contributed by atoms with Gasteiger partial charge in [-0.2, -0.15) is 5.10 Å². The van der Waals surface area contributed by atoms with Crippen molar-refractivity contribution in [2.45, 2.75) is 37.1 Å². The molecule has 2 fully saturated rings. The molecule has 144 valence electrons. The molecule has 2 aromatic heterocycles. The van der Waals surface area contributed by atoms with E-state index in [0.29, 0.717) is 17.7 Å². The van der Waals surface area contributed by atoms with E-state index in [0.717, 1.165) is 34.9 Å². The lowest BCUT2D eigenvalue weighted by Gasteiger charge is -2.30. The summed E-state index contributed by atoms with van der Waals surface area (Å²) in [5.74, 6) is -0.950. The van der Waals surface area contributed by atoms with Crippen LogP contribution in [0.5, 0.6) is 0 Å². The van der Waals surface area contributed by atoms with E-state index in [2.05, 4.69) is 15.5 Å². The highest BCUT2D eigenvalue weighted by molar-refractivity contribution is 6.27. The highest BCUT2D eigenvalue weighted by atomic mass is 16.2. The Bertz CT molecular complexity index is 1210. The number of benzene rings is 1. The van der Waals surface area contributed by atoms with Gasteiger partial charge in [0.05, 0.1) is 23.8 Å². The average Bonchev–Trinajstić information content (AvgIpc) is 3.21. The first-order chi connectivity index (χ1) is 14.1. The molecule has 8 heteroatoms. The van der Waals surface area contributed by atoms with E-state index in [4.69, 9.17) is 4.98 Å². The summed E-state index contributed by atoms with van der Waals surface area (Å²) in [6, 6.07) is 4.95. The van der Waals surface area contributed by atoms with Crippen LogP contribution >= 0.6 is 0 Å². The zero-order chi connectivity index (χ0) is 19.8. The Hall–Kier alpha value is -3.55. The van der Waals surface area contributed by atoms with Crippen molar-refractivity contribution in [3.05, 3.63) is 53.6 Å². The van der Waals surface area contributed by atoms with Gasteiger partial charge in [0.1, 0.15) is 6.04 Å². The predicted molar refractivity (Wildman–Crippen MR) is 103 cm³/mol. The second kappa shape index (κ2) is 5.50. The number of pyridine rings is 1. The number of nitrogens with zero attached hydrogens (tertiary/aromatic N) is 3. The molecule has 1 unspecified atom stereocenters. The van der Waals surface area contributed by atoms with Gasteiger partial charge >= 0.3 is 0 Å². The van der Waals surface area contributed by atoms with Gasteiger partial charge in [0.15, 0.2) is 0 Å². The van der Waals surface area contributed by atoms with Crippen LogP contribution in [-0.2, 0) is 15.0 Å². The van der Waals surface area contributed by atoms with Crippen LogP contribution in [0.15, 0.2) is 36.8 Å². The van der Waals surface area contributed by atoms with E-state index in [1.54, 1.807) is 12.3 Å². The van der Waals surface area contributed by atoms with Crippen LogP contribution in [0.1, 0.15) is 47.3 Å². The van der Waals surface area contributed by atoms with E-state index in [1.807, 2.05) is 24.5 Å². The molecule has 3 aliphatic rings. The van der Waals surface area contributed by atoms with E-state index >= 15 is 0 Å². The normalized spacial score (nSPS) is 22.3. The fourth-order valence-corrected chi connectivity index (χ4v) is 4.80. The Kier molecular flexibility index (Phi) is 3.11. The number of aromatic amines is 1. The molecule has 29 heavy (non-hydrogen) atoms. The molecule has 6 rings (SSSR count). The number of amides is 3. The van der Waals surface area contributed by atoms with Crippen molar-refractivity contribution in [2.24, 2.45) is 0 Å². The highest BCUT2D eigenvalue weighted by Gasteiger charge is 2.50. The van der Waals surface area contributed by atoms with Crippen LogP contribution in [0.3, 0.4) is 0 Å². The van der Waals surface area contributed by atoms with Crippen molar-refractivity contribution in [1.29, 1.82) is 0 Å². The second-order valence-electron chi connectivity index (χ2n) is 7.93. The Labute approximate surface area is 165 Å². The van der Waals surface area contributed by atoms with E-state index < -0.39 is 11.9 Å². The van der Waals surface area contributed by atoms with Crippen molar-refractivity contribution in [1.82, 2.24) is 20.5 Å². The molecule has 3 amide bonds. The smallest absolute Gasteiger partial charge is 0.259 e. The standard InChI is InChI=1S/C21H17N5O3/c27-16-5-4-14(19(28)25-16)26-15-10-22-18(21(6-7-21)11-8-23-24-9-11)12-2-1-3-13(17(12)15)20(26)29/h1-3,8-10,14H,4-7H2,(H,23,24)(H,25,27,28). The number of hydrogen-bond acceptors (Lipinski definition) is 5. The Morgan fingerprint density at radius 3 is 2.72 bits per heavy atom. The van der Waals surface area contributed by atoms with Crippen molar-refractivity contribution < 1.29 is 14.4 Å². The maximum atomic E-state index is 13.2. The van der Waals surface area contributed by atoms with Crippen LogP contribution < -0.4 is 10.2 Å². The summed E-state index contributed by atoms with van der Waals surface area (Å²) >= 11 is 0. The number of hydrogen-bond donors (Lipinski definition) is 2. The zero-order valence-corrected chi connectivity index (χ0v) is 15.4. The van der Waals surface area contributed by atoms with Crippen LogP contribution in [0.25, 0.3) is 10.8 Å². The maximum absolute atomic E-state index is 13.2. The van der Waals surface area contributed by atoms with Crippen molar-refractivity contribution in [3.8, 4) is 0 Å². The monoisotopic (exact) mass is 387 g/mol.